The van der Waals surface area contributed by atoms with E-state index in [0.717, 1.165) is 42.7 Å². The van der Waals surface area contributed by atoms with E-state index in [1.807, 2.05) is 0 Å². The molecule has 16 heavy (non-hydrogen) atoms. The molecule has 0 fully saturated rings. The molecule has 0 aromatic carbocycles. The van der Waals surface area contributed by atoms with Crippen LogP contribution in [0.15, 0.2) is 0 Å². The molecule has 3 heterocycles. The lowest BCUT2D eigenvalue weighted by molar-refractivity contribution is 0.710. The first kappa shape index (κ1) is 9.59. The highest BCUT2D eigenvalue weighted by Gasteiger charge is 2.18. The normalized spacial score (nSPS) is 16.1. The summed E-state index contributed by atoms with van der Waals surface area (Å²) in [5.74, 6) is 0.639. The number of aromatic nitrogens is 3. The first-order valence-corrected chi connectivity index (χ1v) is 5.60. The minimum Gasteiger partial charge on any atom is -0.384 e. The van der Waals surface area contributed by atoms with Gasteiger partial charge in [-0.2, -0.15) is 5.10 Å². The van der Waals surface area contributed by atoms with E-state index in [1.54, 1.807) is 0 Å². The van der Waals surface area contributed by atoms with Crippen LogP contribution >= 0.6 is 0 Å². The number of nitrogens with zero attached hydrogens (tertiary/aromatic N) is 2. The Labute approximate surface area is 93.4 Å². The Kier molecular flexibility index (Phi) is 2.07. The van der Waals surface area contributed by atoms with E-state index < -0.39 is 0 Å². The Morgan fingerprint density at radius 2 is 1.94 bits per heavy atom. The van der Waals surface area contributed by atoms with Crippen LogP contribution in [0.1, 0.15) is 16.8 Å². The van der Waals surface area contributed by atoms with Crippen molar-refractivity contribution in [3.05, 3.63) is 16.8 Å². The van der Waals surface area contributed by atoms with E-state index in [2.05, 4.69) is 27.4 Å². The predicted octanol–water partition coefficient (Wildman–Crippen LogP) is 0.537. The maximum Gasteiger partial charge on any atom is 0.183 e. The van der Waals surface area contributed by atoms with Gasteiger partial charge in [-0.25, -0.2) is 4.98 Å². The number of anilines is 1. The van der Waals surface area contributed by atoms with Gasteiger partial charge in [-0.3, -0.25) is 5.10 Å². The number of hydrogen-bond donors (Lipinski definition) is 3. The molecule has 5 heteroatoms. The third-order valence-electron chi connectivity index (χ3n) is 3.26. The Morgan fingerprint density at radius 1 is 1.19 bits per heavy atom. The molecule has 0 bridgehead atoms. The second-order valence-electron chi connectivity index (χ2n) is 4.24. The maximum absolute atomic E-state index is 5.92. The Hall–Kier alpha value is -1.62. The number of aryl methyl sites for hydroxylation is 1. The third kappa shape index (κ3) is 1.28. The Balaban J connectivity index is 2.35. The van der Waals surface area contributed by atoms with Gasteiger partial charge in [0.25, 0.3) is 0 Å². The standard InChI is InChI=1S/C11H15N5/c1-6-7-2-4-13-5-3-8(7)9-10(12)15-16-11(9)14-6/h13H,2-5H2,1H3,(H3,12,14,15,16). The van der Waals surface area contributed by atoms with Crippen LogP contribution in [0.5, 0.6) is 0 Å². The van der Waals surface area contributed by atoms with E-state index in [1.165, 1.54) is 11.1 Å². The van der Waals surface area contributed by atoms with Gasteiger partial charge in [-0.15, -0.1) is 0 Å². The average molecular weight is 217 g/mol. The molecule has 5 nitrogen and oxygen atoms in total. The number of H-pyrrole nitrogens is 1. The summed E-state index contributed by atoms with van der Waals surface area (Å²) in [5.41, 5.74) is 10.4. The summed E-state index contributed by atoms with van der Waals surface area (Å²) in [4.78, 5) is 4.50. The van der Waals surface area contributed by atoms with Gasteiger partial charge >= 0.3 is 0 Å². The summed E-state index contributed by atoms with van der Waals surface area (Å²) in [6.45, 7) is 4.06. The Bertz CT molecular complexity index is 543. The van der Waals surface area contributed by atoms with Crippen molar-refractivity contribution in [3.63, 3.8) is 0 Å². The van der Waals surface area contributed by atoms with Crippen molar-refractivity contribution in [2.75, 3.05) is 18.8 Å². The van der Waals surface area contributed by atoms with Gasteiger partial charge in [-0.05, 0) is 44.0 Å². The lowest BCUT2D eigenvalue weighted by atomic mass is 9.99. The molecule has 1 aliphatic rings. The highest BCUT2D eigenvalue weighted by atomic mass is 15.2. The third-order valence-corrected chi connectivity index (χ3v) is 3.26. The number of aromatic amines is 1. The number of nitrogen functional groups attached to an aromatic ring is 1. The van der Waals surface area contributed by atoms with Crippen LogP contribution in [0.3, 0.4) is 0 Å². The van der Waals surface area contributed by atoms with Crippen LogP contribution in [0.4, 0.5) is 5.82 Å². The second kappa shape index (κ2) is 3.45. The molecule has 84 valence electrons. The molecule has 2 aromatic heterocycles. The van der Waals surface area contributed by atoms with Gasteiger partial charge < -0.3 is 11.1 Å². The number of nitrogens with one attached hydrogen (secondary N) is 2. The molecule has 0 spiro atoms. The van der Waals surface area contributed by atoms with Crippen molar-refractivity contribution in [2.24, 2.45) is 0 Å². The summed E-state index contributed by atoms with van der Waals surface area (Å²) in [6.07, 6.45) is 2.02. The summed E-state index contributed by atoms with van der Waals surface area (Å²) < 4.78 is 0. The molecule has 0 saturated heterocycles. The molecule has 4 N–H and O–H groups in total. The van der Waals surface area contributed by atoms with E-state index in [4.69, 9.17) is 5.73 Å². The fourth-order valence-corrected chi connectivity index (χ4v) is 2.48. The van der Waals surface area contributed by atoms with E-state index in [-0.39, 0.29) is 0 Å². The average Bonchev–Trinajstić information content (AvgIpc) is 2.53. The highest BCUT2D eigenvalue weighted by Crippen LogP contribution is 2.27. The van der Waals surface area contributed by atoms with Gasteiger partial charge in [0.15, 0.2) is 5.65 Å². The fourth-order valence-electron chi connectivity index (χ4n) is 2.48. The number of hydrogen-bond acceptors (Lipinski definition) is 4. The molecule has 2 aromatic rings. The SMILES string of the molecule is Cc1nc2n[nH]c(N)c2c2c1CCNCC2. The minimum absolute atomic E-state index is 0.639. The lowest BCUT2D eigenvalue weighted by Gasteiger charge is -2.09. The fraction of sp³-hybridized carbons (Fsp3) is 0.455. The molecule has 0 saturated carbocycles. The van der Waals surface area contributed by atoms with Crippen LogP contribution in [0, 0.1) is 6.92 Å². The largest absolute Gasteiger partial charge is 0.384 e. The monoisotopic (exact) mass is 217 g/mol. The maximum atomic E-state index is 5.92. The number of pyridine rings is 1. The van der Waals surface area contributed by atoms with Gasteiger partial charge in [0.2, 0.25) is 0 Å². The number of nitrogens with two attached hydrogens (primary N) is 1. The molecule has 0 atom stereocenters. The molecule has 0 radical (unpaired) electrons. The summed E-state index contributed by atoms with van der Waals surface area (Å²) in [5, 5.41) is 11.4. The number of rotatable bonds is 0. The van der Waals surface area contributed by atoms with Gasteiger partial charge in [-0.1, -0.05) is 0 Å². The highest BCUT2D eigenvalue weighted by molar-refractivity contribution is 5.90. The zero-order valence-electron chi connectivity index (χ0n) is 9.30. The van der Waals surface area contributed by atoms with Crippen molar-refractivity contribution < 1.29 is 0 Å². The van der Waals surface area contributed by atoms with Gasteiger partial charge in [0.1, 0.15) is 5.82 Å². The van der Waals surface area contributed by atoms with Gasteiger partial charge in [0.05, 0.1) is 5.39 Å². The first-order chi connectivity index (χ1) is 7.77. The van der Waals surface area contributed by atoms with Crippen LogP contribution in [0.25, 0.3) is 11.0 Å². The molecule has 0 amide bonds. The smallest absolute Gasteiger partial charge is 0.183 e. The van der Waals surface area contributed by atoms with E-state index in [9.17, 15) is 0 Å². The molecule has 0 unspecified atom stereocenters. The molecule has 3 rings (SSSR count). The van der Waals surface area contributed by atoms with Crippen LogP contribution in [-0.4, -0.2) is 28.3 Å². The lowest BCUT2D eigenvalue weighted by Crippen LogP contribution is -2.16. The zero-order valence-corrected chi connectivity index (χ0v) is 9.30. The summed E-state index contributed by atoms with van der Waals surface area (Å²) in [6, 6.07) is 0. The molecule has 1 aliphatic heterocycles. The van der Waals surface area contributed by atoms with Crippen molar-refractivity contribution in [2.45, 2.75) is 19.8 Å². The zero-order chi connectivity index (χ0) is 11.1. The topological polar surface area (TPSA) is 79.6 Å². The van der Waals surface area contributed by atoms with Crippen molar-refractivity contribution in [1.29, 1.82) is 0 Å². The van der Waals surface area contributed by atoms with Crippen LogP contribution < -0.4 is 11.1 Å². The van der Waals surface area contributed by atoms with Crippen LogP contribution in [-0.2, 0) is 12.8 Å². The van der Waals surface area contributed by atoms with Crippen molar-refractivity contribution in [1.82, 2.24) is 20.5 Å². The van der Waals surface area contributed by atoms with Crippen molar-refractivity contribution in [3.8, 4) is 0 Å². The van der Waals surface area contributed by atoms with Crippen LogP contribution in [0.2, 0.25) is 0 Å². The first-order valence-electron chi connectivity index (χ1n) is 5.60. The predicted molar refractivity (Wildman–Crippen MR) is 63.3 cm³/mol. The quantitative estimate of drug-likeness (QED) is 0.601. The molecule has 0 aliphatic carbocycles. The number of fused-ring (bicyclic) bond motifs is 3. The van der Waals surface area contributed by atoms with Crippen molar-refractivity contribution >= 4 is 16.9 Å². The summed E-state index contributed by atoms with van der Waals surface area (Å²) in [7, 11) is 0. The second-order valence-corrected chi connectivity index (χ2v) is 4.24. The van der Waals surface area contributed by atoms with E-state index in [0.29, 0.717) is 5.82 Å². The minimum atomic E-state index is 0.639. The summed E-state index contributed by atoms with van der Waals surface area (Å²) >= 11 is 0. The Morgan fingerprint density at radius 3 is 2.75 bits per heavy atom. The van der Waals surface area contributed by atoms with E-state index >= 15 is 0 Å². The van der Waals surface area contributed by atoms with Gasteiger partial charge in [0, 0.05) is 5.69 Å². The molecular weight excluding hydrogens is 202 g/mol. The molecular formula is C11H15N5.